The minimum atomic E-state index is 1.06. The number of allylic oxidation sites excluding steroid dienone is 2. The van der Waals surface area contributed by atoms with Crippen molar-refractivity contribution in [2.45, 2.75) is 46.0 Å². The lowest BCUT2D eigenvalue weighted by molar-refractivity contribution is 0.764. The lowest BCUT2D eigenvalue weighted by Crippen LogP contribution is -1.94. The molecule has 0 heterocycles. The van der Waals surface area contributed by atoms with Crippen LogP contribution in [0.1, 0.15) is 46.0 Å². The summed E-state index contributed by atoms with van der Waals surface area (Å²) in [6, 6.07) is 0. The van der Waals surface area contributed by atoms with Crippen molar-refractivity contribution in [1.29, 1.82) is 0 Å². The first kappa shape index (κ1) is 11.5. The molecule has 0 fully saturated rings. The molecule has 0 aliphatic heterocycles. The van der Waals surface area contributed by atoms with Gasteiger partial charge in [0.2, 0.25) is 0 Å². The van der Waals surface area contributed by atoms with Gasteiger partial charge in [-0.25, -0.2) is 0 Å². The van der Waals surface area contributed by atoms with Crippen LogP contribution in [0.5, 0.6) is 0 Å². The van der Waals surface area contributed by atoms with Crippen molar-refractivity contribution in [2.24, 2.45) is 0 Å². The summed E-state index contributed by atoms with van der Waals surface area (Å²) in [4.78, 5) is 0. The molecule has 0 saturated carbocycles. The minimum absolute atomic E-state index is 1.06. The molecule has 0 aromatic heterocycles. The SMILES string of the molecule is C=C[C](CCC)CC(=C)CCC. The van der Waals surface area contributed by atoms with Gasteiger partial charge >= 0.3 is 0 Å². The zero-order valence-corrected chi connectivity index (χ0v) is 8.53. The van der Waals surface area contributed by atoms with Crippen molar-refractivity contribution >= 4 is 0 Å². The summed E-state index contributed by atoms with van der Waals surface area (Å²) in [5.41, 5.74) is 1.35. The van der Waals surface area contributed by atoms with Crippen LogP contribution in [0, 0.1) is 5.92 Å². The molecule has 0 saturated heterocycles. The van der Waals surface area contributed by atoms with E-state index in [0.29, 0.717) is 0 Å². The molecular weight excluding hydrogens is 144 g/mol. The van der Waals surface area contributed by atoms with Crippen molar-refractivity contribution in [3.63, 3.8) is 0 Å². The van der Waals surface area contributed by atoms with E-state index in [-0.39, 0.29) is 0 Å². The van der Waals surface area contributed by atoms with Crippen molar-refractivity contribution in [2.75, 3.05) is 0 Å². The molecular formula is C12H21. The average Bonchev–Trinajstić information content (AvgIpc) is 2.04. The monoisotopic (exact) mass is 165 g/mol. The van der Waals surface area contributed by atoms with Gasteiger partial charge in [-0.3, -0.25) is 0 Å². The third kappa shape index (κ3) is 5.17. The number of rotatable bonds is 7. The molecule has 0 aliphatic rings. The third-order valence-corrected chi connectivity index (χ3v) is 1.94. The van der Waals surface area contributed by atoms with Gasteiger partial charge in [-0.2, -0.15) is 0 Å². The molecule has 69 valence electrons. The van der Waals surface area contributed by atoms with Crippen LogP contribution in [0.3, 0.4) is 0 Å². The molecule has 0 nitrogen and oxygen atoms in total. The van der Waals surface area contributed by atoms with E-state index in [4.69, 9.17) is 0 Å². The highest BCUT2D eigenvalue weighted by Gasteiger charge is 2.04. The predicted molar refractivity (Wildman–Crippen MR) is 57.0 cm³/mol. The first-order valence-electron chi connectivity index (χ1n) is 4.88. The first-order valence-corrected chi connectivity index (χ1v) is 4.88. The van der Waals surface area contributed by atoms with Gasteiger partial charge < -0.3 is 0 Å². The summed E-state index contributed by atoms with van der Waals surface area (Å²) in [7, 11) is 0. The van der Waals surface area contributed by atoms with E-state index < -0.39 is 0 Å². The largest absolute Gasteiger partial charge is 0.102 e. The maximum absolute atomic E-state index is 4.05. The lowest BCUT2D eigenvalue weighted by atomic mass is 9.94. The zero-order chi connectivity index (χ0) is 9.40. The smallest absolute Gasteiger partial charge is 0.000985 e. The van der Waals surface area contributed by atoms with Crippen LogP contribution >= 0.6 is 0 Å². The van der Waals surface area contributed by atoms with Crippen LogP contribution in [0.15, 0.2) is 24.8 Å². The van der Waals surface area contributed by atoms with E-state index in [9.17, 15) is 0 Å². The molecule has 0 N–H and O–H groups in total. The maximum atomic E-state index is 4.05. The van der Waals surface area contributed by atoms with Crippen molar-refractivity contribution < 1.29 is 0 Å². The van der Waals surface area contributed by atoms with E-state index in [1.165, 1.54) is 30.8 Å². The lowest BCUT2D eigenvalue weighted by Gasteiger charge is -2.11. The number of hydrogen-bond donors (Lipinski definition) is 0. The Morgan fingerprint density at radius 3 is 2.17 bits per heavy atom. The van der Waals surface area contributed by atoms with Crippen molar-refractivity contribution in [1.82, 2.24) is 0 Å². The molecule has 0 heteroatoms. The standard InChI is InChI=1S/C12H21/c1-5-8-11(4)10-12(7-3)9-6-2/h7H,3-6,8-10H2,1-2H3. The highest BCUT2D eigenvalue weighted by atomic mass is 14.1. The van der Waals surface area contributed by atoms with Gasteiger partial charge in [-0.05, 0) is 19.3 Å². The van der Waals surface area contributed by atoms with Crippen LogP contribution in [0.25, 0.3) is 0 Å². The second kappa shape index (κ2) is 7.15. The molecule has 0 bridgehead atoms. The van der Waals surface area contributed by atoms with Crippen LogP contribution in [-0.4, -0.2) is 0 Å². The van der Waals surface area contributed by atoms with Gasteiger partial charge in [0.05, 0.1) is 0 Å². The fourth-order valence-corrected chi connectivity index (χ4v) is 1.35. The molecule has 0 atom stereocenters. The van der Waals surface area contributed by atoms with E-state index >= 15 is 0 Å². The average molecular weight is 165 g/mol. The Kier molecular flexibility index (Phi) is 6.84. The highest BCUT2D eigenvalue weighted by molar-refractivity contribution is 5.14. The summed E-state index contributed by atoms with van der Waals surface area (Å²) in [6.07, 6.45) is 7.79. The molecule has 1 radical (unpaired) electrons. The Balaban J connectivity index is 3.68. The molecule has 0 rings (SSSR count). The Morgan fingerprint density at radius 1 is 1.17 bits per heavy atom. The van der Waals surface area contributed by atoms with E-state index in [1.807, 2.05) is 6.08 Å². The highest BCUT2D eigenvalue weighted by Crippen LogP contribution is 2.21. The van der Waals surface area contributed by atoms with Gasteiger partial charge in [0.15, 0.2) is 0 Å². The van der Waals surface area contributed by atoms with Crippen molar-refractivity contribution in [3.8, 4) is 0 Å². The topological polar surface area (TPSA) is 0 Å². The third-order valence-electron chi connectivity index (χ3n) is 1.94. The Bertz CT molecular complexity index is 133. The second-order valence-corrected chi connectivity index (χ2v) is 3.29. The zero-order valence-electron chi connectivity index (χ0n) is 8.53. The van der Waals surface area contributed by atoms with Crippen LogP contribution in [0.4, 0.5) is 0 Å². The molecule has 0 unspecified atom stereocenters. The molecule has 0 aromatic rings. The van der Waals surface area contributed by atoms with Gasteiger partial charge in [-0.1, -0.05) is 44.9 Å². The summed E-state index contributed by atoms with van der Waals surface area (Å²) in [5.74, 6) is 1.44. The molecule has 0 aliphatic carbocycles. The molecule has 0 spiro atoms. The molecule has 0 aromatic carbocycles. The summed E-state index contributed by atoms with van der Waals surface area (Å²) in [5, 5.41) is 0. The van der Waals surface area contributed by atoms with Crippen LogP contribution in [0.2, 0.25) is 0 Å². The second-order valence-electron chi connectivity index (χ2n) is 3.29. The van der Waals surface area contributed by atoms with Gasteiger partial charge in [0.25, 0.3) is 0 Å². The normalized spacial score (nSPS) is 10.2. The van der Waals surface area contributed by atoms with Crippen LogP contribution in [-0.2, 0) is 0 Å². The summed E-state index contributed by atoms with van der Waals surface area (Å²) in [6.45, 7) is 12.3. The fourth-order valence-electron chi connectivity index (χ4n) is 1.35. The van der Waals surface area contributed by atoms with E-state index in [1.54, 1.807) is 0 Å². The Hall–Kier alpha value is -0.520. The minimum Gasteiger partial charge on any atom is -0.102 e. The summed E-state index contributed by atoms with van der Waals surface area (Å²) < 4.78 is 0. The van der Waals surface area contributed by atoms with Crippen LogP contribution < -0.4 is 0 Å². The van der Waals surface area contributed by atoms with Crippen molar-refractivity contribution in [3.05, 3.63) is 30.7 Å². The van der Waals surface area contributed by atoms with Gasteiger partial charge in [0.1, 0.15) is 0 Å². The van der Waals surface area contributed by atoms with Gasteiger partial charge in [0, 0.05) is 5.92 Å². The van der Waals surface area contributed by atoms with Gasteiger partial charge in [-0.15, -0.1) is 6.58 Å². The Morgan fingerprint density at radius 2 is 1.75 bits per heavy atom. The quantitative estimate of drug-likeness (QED) is 0.493. The fraction of sp³-hybridized carbons (Fsp3) is 0.583. The molecule has 0 amide bonds. The Labute approximate surface area is 77.4 Å². The van der Waals surface area contributed by atoms with E-state index in [2.05, 4.69) is 27.0 Å². The predicted octanol–water partition coefficient (Wildman–Crippen LogP) is 4.29. The molecule has 12 heavy (non-hydrogen) atoms. The summed E-state index contributed by atoms with van der Waals surface area (Å²) >= 11 is 0. The van der Waals surface area contributed by atoms with E-state index in [0.717, 1.165) is 12.8 Å². The first-order chi connectivity index (χ1) is 5.74. The maximum Gasteiger partial charge on any atom is 0.000985 e. The number of hydrogen-bond acceptors (Lipinski definition) is 0.